The topological polar surface area (TPSA) is 38.0 Å². The summed E-state index contributed by atoms with van der Waals surface area (Å²) in [5, 5.41) is 3.52. The van der Waals surface area contributed by atoms with E-state index in [0.717, 1.165) is 18.5 Å². The van der Waals surface area contributed by atoms with Gasteiger partial charge in [-0.05, 0) is 25.2 Å². The average Bonchev–Trinajstić information content (AvgIpc) is 2.45. The van der Waals surface area contributed by atoms with Gasteiger partial charge in [0.1, 0.15) is 0 Å². The Bertz CT molecular complexity index is 113. The highest BCUT2D eigenvalue weighted by Crippen LogP contribution is 2.34. The molecule has 2 bridgehead atoms. The van der Waals surface area contributed by atoms with Gasteiger partial charge in [0, 0.05) is 18.6 Å². The third kappa shape index (κ3) is 0.775. The molecule has 0 aromatic rings. The molecule has 52 valence electrons. The van der Waals surface area contributed by atoms with Crippen LogP contribution in [0.15, 0.2) is 0 Å². The lowest BCUT2D eigenvalue weighted by Gasteiger charge is -2.20. The first kappa shape index (κ1) is 5.69. The third-order valence-electron chi connectivity index (χ3n) is 2.75. The molecule has 2 aliphatic rings. The predicted octanol–water partition coefficient (Wildman–Crippen LogP) is 0.0856. The number of nitrogens with two attached hydrogens (primary N) is 1. The molecule has 3 atom stereocenters. The summed E-state index contributed by atoms with van der Waals surface area (Å²) in [4.78, 5) is 0. The van der Waals surface area contributed by atoms with E-state index in [1.54, 1.807) is 0 Å². The number of nitrogens with one attached hydrogen (secondary N) is 1. The zero-order chi connectivity index (χ0) is 6.27. The van der Waals surface area contributed by atoms with Crippen molar-refractivity contribution >= 4 is 0 Å². The van der Waals surface area contributed by atoms with Gasteiger partial charge in [-0.2, -0.15) is 0 Å². The summed E-state index contributed by atoms with van der Waals surface area (Å²) >= 11 is 0. The summed E-state index contributed by atoms with van der Waals surface area (Å²) in [6, 6.07) is 1.48. The van der Waals surface area contributed by atoms with E-state index in [2.05, 4.69) is 5.32 Å². The van der Waals surface area contributed by atoms with E-state index in [1.807, 2.05) is 0 Å². The Labute approximate surface area is 55.8 Å². The van der Waals surface area contributed by atoms with Crippen LogP contribution in [-0.4, -0.2) is 18.6 Å². The van der Waals surface area contributed by atoms with Crippen LogP contribution in [0.5, 0.6) is 0 Å². The molecule has 1 saturated carbocycles. The molecule has 1 aliphatic heterocycles. The summed E-state index contributed by atoms with van der Waals surface area (Å²) < 4.78 is 0. The van der Waals surface area contributed by atoms with Gasteiger partial charge in [0.25, 0.3) is 0 Å². The third-order valence-corrected chi connectivity index (χ3v) is 2.75. The minimum Gasteiger partial charge on any atom is -0.329 e. The Morgan fingerprint density at radius 1 is 1.44 bits per heavy atom. The highest BCUT2D eigenvalue weighted by molar-refractivity contribution is 4.96. The maximum Gasteiger partial charge on any atom is 0.0221 e. The number of fused-ring (bicyclic) bond motifs is 2. The Kier molecular flexibility index (Phi) is 1.24. The second kappa shape index (κ2) is 1.96. The van der Waals surface area contributed by atoms with Gasteiger partial charge in [0.05, 0.1) is 0 Å². The van der Waals surface area contributed by atoms with Crippen LogP contribution in [0.4, 0.5) is 0 Å². The largest absolute Gasteiger partial charge is 0.329 e. The predicted molar refractivity (Wildman–Crippen MR) is 37.1 cm³/mol. The van der Waals surface area contributed by atoms with Crippen molar-refractivity contribution in [2.75, 3.05) is 6.54 Å². The van der Waals surface area contributed by atoms with Crippen molar-refractivity contribution in [3.05, 3.63) is 0 Å². The van der Waals surface area contributed by atoms with Gasteiger partial charge in [0.15, 0.2) is 0 Å². The minimum atomic E-state index is 0.656. The Hall–Kier alpha value is -0.0800. The van der Waals surface area contributed by atoms with Crippen molar-refractivity contribution in [3.63, 3.8) is 0 Å². The normalized spacial score (nSPS) is 48.3. The Morgan fingerprint density at radius 3 is 2.67 bits per heavy atom. The van der Waals surface area contributed by atoms with Gasteiger partial charge >= 0.3 is 0 Å². The molecular weight excluding hydrogens is 112 g/mol. The molecule has 2 fully saturated rings. The maximum atomic E-state index is 5.56. The summed E-state index contributed by atoms with van der Waals surface area (Å²) in [5.74, 6) is 0.917. The van der Waals surface area contributed by atoms with E-state index < -0.39 is 0 Å². The Balaban J connectivity index is 2.01. The molecule has 1 heterocycles. The number of hydrogen-bond donors (Lipinski definition) is 2. The first-order valence-corrected chi connectivity index (χ1v) is 3.86. The van der Waals surface area contributed by atoms with Crippen LogP contribution in [-0.2, 0) is 0 Å². The highest BCUT2D eigenvalue weighted by atomic mass is 15.0. The molecule has 0 spiro atoms. The lowest BCUT2D eigenvalue weighted by molar-refractivity contribution is 0.388. The lowest BCUT2D eigenvalue weighted by atomic mass is 10.0. The molecule has 0 aromatic carbocycles. The first-order chi connectivity index (χ1) is 4.40. The SMILES string of the molecule is NC[C@H]1N[C@H]2CC[C@@H]1C2. The maximum absolute atomic E-state index is 5.56. The minimum absolute atomic E-state index is 0.656. The van der Waals surface area contributed by atoms with Gasteiger partial charge < -0.3 is 11.1 Å². The van der Waals surface area contributed by atoms with E-state index >= 15 is 0 Å². The molecule has 2 rings (SSSR count). The first-order valence-electron chi connectivity index (χ1n) is 3.86. The monoisotopic (exact) mass is 126 g/mol. The fraction of sp³-hybridized carbons (Fsp3) is 1.00. The van der Waals surface area contributed by atoms with Crippen LogP contribution in [0.2, 0.25) is 0 Å². The van der Waals surface area contributed by atoms with Gasteiger partial charge in [-0.15, -0.1) is 0 Å². The Morgan fingerprint density at radius 2 is 2.33 bits per heavy atom. The fourth-order valence-electron chi connectivity index (χ4n) is 2.23. The second-order valence-corrected chi connectivity index (χ2v) is 3.28. The highest BCUT2D eigenvalue weighted by Gasteiger charge is 2.37. The van der Waals surface area contributed by atoms with E-state index in [0.29, 0.717) is 6.04 Å². The quantitative estimate of drug-likeness (QED) is 0.522. The van der Waals surface area contributed by atoms with Crippen molar-refractivity contribution in [1.82, 2.24) is 5.32 Å². The van der Waals surface area contributed by atoms with Gasteiger partial charge in [-0.3, -0.25) is 0 Å². The number of rotatable bonds is 1. The van der Waals surface area contributed by atoms with Gasteiger partial charge in [-0.25, -0.2) is 0 Å². The van der Waals surface area contributed by atoms with Crippen molar-refractivity contribution in [1.29, 1.82) is 0 Å². The number of hydrogen-bond acceptors (Lipinski definition) is 2. The van der Waals surface area contributed by atoms with Crippen LogP contribution < -0.4 is 11.1 Å². The number of piperidine rings is 1. The molecular formula is C7H14N2. The van der Waals surface area contributed by atoms with Crippen molar-refractivity contribution in [2.45, 2.75) is 31.3 Å². The molecule has 0 amide bonds. The van der Waals surface area contributed by atoms with Crippen LogP contribution in [0.1, 0.15) is 19.3 Å². The van der Waals surface area contributed by atoms with E-state index in [4.69, 9.17) is 5.73 Å². The molecule has 0 unspecified atom stereocenters. The molecule has 0 aromatic heterocycles. The fourth-order valence-corrected chi connectivity index (χ4v) is 2.23. The van der Waals surface area contributed by atoms with E-state index in [-0.39, 0.29) is 0 Å². The average molecular weight is 126 g/mol. The van der Waals surface area contributed by atoms with Crippen molar-refractivity contribution in [2.24, 2.45) is 11.7 Å². The molecule has 1 saturated heterocycles. The van der Waals surface area contributed by atoms with Gasteiger partial charge in [0.2, 0.25) is 0 Å². The lowest BCUT2D eigenvalue weighted by Crippen LogP contribution is -2.40. The van der Waals surface area contributed by atoms with Crippen LogP contribution >= 0.6 is 0 Å². The molecule has 9 heavy (non-hydrogen) atoms. The molecule has 2 nitrogen and oxygen atoms in total. The molecule has 0 radical (unpaired) electrons. The standard InChI is InChI=1S/C7H14N2/c8-4-7-5-1-2-6(3-5)9-7/h5-7,9H,1-4,8H2/t5-,6+,7-/m1/s1. The molecule has 3 N–H and O–H groups in total. The summed E-state index contributed by atoms with van der Waals surface area (Å²) in [5.41, 5.74) is 5.56. The zero-order valence-corrected chi connectivity index (χ0v) is 5.64. The van der Waals surface area contributed by atoms with Crippen molar-refractivity contribution < 1.29 is 0 Å². The molecule has 1 aliphatic carbocycles. The van der Waals surface area contributed by atoms with Crippen LogP contribution in [0.3, 0.4) is 0 Å². The zero-order valence-electron chi connectivity index (χ0n) is 5.64. The molecule has 2 heteroatoms. The van der Waals surface area contributed by atoms with Crippen LogP contribution in [0.25, 0.3) is 0 Å². The summed E-state index contributed by atoms with van der Waals surface area (Å²) in [6.45, 7) is 0.834. The van der Waals surface area contributed by atoms with Crippen molar-refractivity contribution in [3.8, 4) is 0 Å². The second-order valence-electron chi connectivity index (χ2n) is 3.28. The summed E-state index contributed by atoms with van der Waals surface area (Å²) in [6.07, 6.45) is 4.20. The van der Waals surface area contributed by atoms with E-state index in [9.17, 15) is 0 Å². The summed E-state index contributed by atoms with van der Waals surface area (Å²) in [7, 11) is 0. The van der Waals surface area contributed by atoms with Gasteiger partial charge in [-0.1, -0.05) is 0 Å². The van der Waals surface area contributed by atoms with Crippen LogP contribution in [0, 0.1) is 5.92 Å². The van der Waals surface area contributed by atoms with E-state index in [1.165, 1.54) is 19.3 Å². The smallest absolute Gasteiger partial charge is 0.0221 e.